The van der Waals surface area contributed by atoms with Crippen LogP contribution in [0, 0.1) is 0 Å². The average Bonchev–Trinajstić information content (AvgIpc) is 2.57. The highest BCUT2D eigenvalue weighted by Gasteiger charge is 2.04. The Bertz CT molecular complexity index is 557. The summed E-state index contributed by atoms with van der Waals surface area (Å²) < 4.78 is 23.0. The molecule has 0 atom stereocenters. The van der Waals surface area contributed by atoms with Crippen molar-refractivity contribution in [3.05, 3.63) is 24.3 Å². The van der Waals surface area contributed by atoms with Gasteiger partial charge in [0.2, 0.25) is 0 Å². The van der Waals surface area contributed by atoms with Crippen LogP contribution in [0.25, 0.3) is 10.2 Å². The molecule has 4 nitrogen and oxygen atoms in total. The van der Waals surface area contributed by atoms with Gasteiger partial charge in [-0.3, -0.25) is 0 Å². The third-order valence-electron chi connectivity index (χ3n) is 2.04. The van der Waals surface area contributed by atoms with Gasteiger partial charge in [0.15, 0.2) is 5.13 Å². The van der Waals surface area contributed by atoms with Crippen molar-refractivity contribution in [3.63, 3.8) is 0 Å². The Morgan fingerprint density at radius 1 is 1.38 bits per heavy atom. The third-order valence-corrected chi connectivity index (χ3v) is 3.98. The minimum atomic E-state index is -2.91. The number of hydrogen-bond donors (Lipinski definition) is 1. The number of para-hydroxylation sites is 1. The lowest BCUT2D eigenvalue weighted by Crippen LogP contribution is -2.13. The van der Waals surface area contributed by atoms with Gasteiger partial charge in [-0.1, -0.05) is 23.5 Å². The van der Waals surface area contributed by atoms with E-state index in [1.807, 2.05) is 24.3 Å². The van der Waals surface area contributed by atoms with Gasteiger partial charge in [0.05, 0.1) is 16.0 Å². The fourth-order valence-electron chi connectivity index (χ4n) is 1.29. The highest BCUT2D eigenvalue weighted by molar-refractivity contribution is 7.90. The minimum absolute atomic E-state index is 0.128. The zero-order valence-corrected chi connectivity index (χ0v) is 10.4. The van der Waals surface area contributed by atoms with E-state index in [1.54, 1.807) is 0 Å². The van der Waals surface area contributed by atoms with Crippen LogP contribution in [-0.2, 0) is 9.84 Å². The molecule has 0 fully saturated rings. The van der Waals surface area contributed by atoms with Gasteiger partial charge in [-0.2, -0.15) is 0 Å². The first-order valence-electron chi connectivity index (χ1n) is 4.82. The zero-order chi connectivity index (χ0) is 11.6. The maximum Gasteiger partial charge on any atom is 0.183 e. The van der Waals surface area contributed by atoms with Crippen LogP contribution in [0.5, 0.6) is 0 Å². The number of nitrogens with one attached hydrogen (secondary N) is 1. The molecule has 86 valence electrons. The van der Waals surface area contributed by atoms with Crippen LogP contribution >= 0.6 is 11.3 Å². The molecule has 0 aliphatic rings. The van der Waals surface area contributed by atoms with E-state index in [4.69, 9.17) is 0 Å². The second kappa shape index (κ2) is 4.39. The number of sulfone groups is 1. The first-order valence-corrected chi connectivity index (χ1v) is 7.69. The normalized spacial score (nSPS) is 11.8. The van der Waals surface area contributed by atoms with Gasteiger partial charge in [-0.15, -0.1) is 0 Å². The van der Waals surface area contributed by atoms with Gasteiger partial charge >= 0.3 is 0 Å². The van der Waals surface area contributed by atoms with Crippen molar-refractivity contribution in [2.24, 2.45) is 0 Å². The lowest BCUT2D eigenvalue weighted by Gasteiger charge is -1.99. The maximum absolute atomic E-state index is 10.9. The van der Waals surface area contributed by atoms with Gasteiger partial charge < -0.3 is 5.32 Å². The summed E-state index contributed by atoms with van der Waals surface area (Å²) in [5.41, 5.74) is 0.939. The largest absolute Gasteiger partial charge is 0.360 e. The quantitative estimate of drug-likeness (QED) is 0.905. The monoisotopic (exact) mass is 256 g/mol. The fraction of sp³-hybridized carbons (Fsp3) is 0.300. The van der Waals surface area contributed by atoms with Gasteiger partial charge in [-0.05, 0) is 12.1 Å². The number of aromatic nitrogens is 1. The lowest BCUT2D eigenvalue weighted by molar-refractivity contribution is 0.602. The highest BCUT2D eigenvalue weighted by atomic mass is 32.2. The fourth-order valence-corrected chi connectivity index (χ4v) is 2.66. The molecule has 1 heterocycles. The molecule has 1 aromatic heterocycles. The van der Waals surface area contributed by atoms with Gasteiger partial charge in [0.1, 0.15) is 9.84 Å². The summed E-state index contributed by atoms with van der Waals surface area (Å²) >= 11 is 1.53. The molecule has 0 saturated heterocycles. The van der Waals surface area contributed by atoms with Crippen molar-refractivity contribution in [2.75, 3.05) is 23.9 Å². The van der Waals surface area contributed by atoms with E-state index < -0.39 is 9.84 Å². The Kier molecular flexibility index (Phi) is 3.11. The summed E-state index contributed by atoms with van der Waals surface area (Å²) in [5, 5.41) is 3.79. The first-order chi connectivity index (χ1) is 7.54. The second-order valence-electron chi connectivity index (χ2n) is 3.54. The Hall–Kier alpha value is -1.14. The molecule has 0 aliphatic heterocycles. The summed E-state index contributed by atoms with van der Waals surface area (Å²) in [6.45, 7) is 0.401. The Balaban J connectivity index is 2.05. The number of thiazole rings is 1. The maximum atomic E-state index is 10.9. The molecule has 2 aromatic rings. The van der Waals surface area contributed by atoms with Crippen molar-refractivity contribution < 1.29 is 8.42 Å². The van der Waals surface area contributed by atoms with E-state index in [0.29, 0.717) is 6.54 Å². The van der Waals surface area contributed by atoms with Crippen LogP contribution < -0.4 is 5.32 Å². The van der Waals surface area contributed by atoms with E-state index in [9.17, 15) is 8.42 Å². The van der Waals surface area contributed by atoms with Crippen LogP contribution in [-0.4, -0.2) is 32.0 Å². The molecule has 1 aromatic carbocycles. The SMILES string of the molecule is CS(=O)(=O)CCNc1nc2ccccc2s1. The molecule has 0 bridgehead atoms. The molecule has 0 saturated carbocycles. The number of anilines is 1. The van der Waals surface area contributed by atoms with Crippen LogP contribution in [0.3, 0.4) is 0 Å². The van der Waals surface area contributed by atoms with Crippen LogP contribution in [0.4, 0.5) is 5.13 Å². The van der Waals surface area contributed by atoms with Crippen molar-refractivity contribution in [1.82, 2.24) is 4.98 Å². The first kappa shape index (κ1) is 11.3. The highest BCUT2D eigenvalue weighted by Crippen LogP contribution is 2.24. The van der Waals surface area contributed by atoms with Gasteiger partial charge in [0.25, 0.3) is 0 Å². The van der Waals surface area contributed by atoms with E-state index in [1.165, 1.54) is 17.6 Å². The van der Waals surface area contributed by atoms with Crippen LogP contribution in [0.1, 0.15) is 0 Å². The smallest absolute Gasteiger partial charge is 0.183 e. The number of rotatable bonds is 4. The van der Waals surface area contributed by atoms with Crippen molar-refractivity contribution >= 4 is 36.5 Å². The second-order valence-corrected chi connectivity index (χ2v) is 6.83. The molecule has 6 heteroatoms. The Labute approximate surface area is 98.2 Å². The summed E-state index contributed by atoms with van der Waals surface area (Å²) in [4.78, 5) is 4.34. The van der Waals surface area contributed by atoms with Gasteiger partial charge in [0, 0.05) is 12.8 Å². The van der Waals surface area contributed by atoms with Crippen molar-refractivity contribution in [3.8, 4) is 0 Å². The molecule has 0 unspecified atom stereocenters. The Morgan fingerprint density at radius 2 is 2.12 bits per heavy atom. The molecule has 2 rings (SSSR count). The van der Waals surface area contributed by atoms with Crippen molar-refractivity contribution in [2.45, 2.75) is 0 Å². The van der Waals surface area contributed by atoms with E-state index in [0.717, 1.165) is 15.3 Å². The molecule has 0 amide bonds. The summed E-state index contributed by atoms with van der Waals surface area (Å²) in [6.07, 6.45) is 1.23. The van der Waals surface area contributed by atoms with E-state index in [-0.39, 0.29) is 5.75 Å². The number of nitrogens with zero attached hydrogens (tertiary/aromatic N) is 1. The molecular formula is C10H12N2O2S2. The predicted octanol–water partition coefficient (Wildman–Crippen LogP) is 1.75. The summed E-state index contributed by atoms with van der Waals surface area (Å²) in [5.74, 6) is 0.128. The number of hydrogen-bond acceptors (Lipinski definition) is 5. The van der Waals surface area contributed by atoms with Crippen molar-refractivity contribution in [1.29, 1.82) is 0 Å². The number of fused-ring (bicyclic) bond motifs is 1. The topological polar surface area (TPSA) is 59.1 Å². The predicted molar refractivity (Wildman–Crippen MR) is 67.8 cm³/mol. The summed E-state index contributed by atoms with van der Waals surface area (Å²) in [7, 11) is -2.91. The standard InChI is InChI=1S/C10H12N2O2S2/c1-16(13,14)7-6-11-10-12-8-4-2-3-5-9(8)15-10/h2-5H,6-7H2,1H3,(H,11,12). The summed E-state index contributed by atoms with van der Waals surface area (Å²) in [6, 6.07) is 7.82. The van der Waals surface area contributed by atoms with Crippen LogP contribution in [0.2, 0.25) is 0 Å². The molecular weight excluding hydrogens is 244 g/mol. The number of benzene rings is 1. The lowest BCUT2D eigenvalue weighted by atomic mass is 10.3. The molecule has 0 aliphatic carbocycles. The van der Waals surface area contributed by atoms with E-state index >= 15 is 0 Å². The van der Waals surface area contributed by atoms with E-state index in [2.05, 4.69) is 10.3 Å². The average molecular weight is 256 g/mol. The van der Waals surface area contributed by atoms with Crippen LogP contribution in [0.15, 0.2) is 24.3 Å². The molecule has 0 spiro atoms. The molecule has 0 radical (unpaired) electrons. The zero-order valence-electron chi connectivity index (χ0n) is 8.80. The molecule has 1 N–H and O–H groups in total. The molecule has 16 heavy (non-hydrogen) atoms. The Morgan fingerprint density at radius 3 is 2.81 bits per heavy atom. The van der Waals surface area contributed by atoms with Gasteiger partial charge in [-0.25, -0.2) is 13.4 Å². The minimum Gasteiger partial charge on any atom is -0.360 e. The third kappa shape index (κ3) is 2.93.